The molecule has 0 spiro atoms. The minimum Gasteiger partial charge on any atom is -0.266 e. The van der Waals surface area contributed by atoms with Crippen molar-refractivity contribution in [3.63, 3.8) is 0 Å². The quantitative estimate of drug-likeness (QED) is 0.556. The van der Waals surface area contributed by atoms with Gasteiger partial charge >= 0.3 is 0 Å². The molecule has 1 rings (SSSR count). The van der Waals surface area contributed by atoms with E-state index in [9.17, 15) is 8.42 Å². The van der Waals surface area contributed by atoms with Crippen LogP contribution in [0.25, 0.3) is 0 Å². The number of hydrogen-bond acceptors (Lipinski definition) is 3. The third-order valence-corrected chi connectivity index (χ3v) is 4.45. The van der Waals surface area contributed by atoms with Crippen molar-refractivity contribution >= 4 is 10.1 Å². The molecular weight excluding hydrogens is 272 g/mol. The highest BCUT2D eigenvalue weighted by Gasteiger charge is 2.14. The Morgan fingerprint density at radius 3 is 2.15 bits per heavy atom. The number of hydrogen-bond donors (Lipinski definition) is 0. The lowest BCUT2D eigenvalue weighted by Crippen LogP contribution is -2.08. The predicted octanol–water partition coefficient (Wildman–Crippen LogP) is 4.31. The summed E-state index contributed by atoms with van der Waals surface area (Å²) in [6.45, 7) is 8.83. The molecule has 0 heterocycles. The second-order valence-electron chi connectivity index (χ2n) is 6.46. The third kappa shape index (κ3) is 6.53. The third-order valence-electron chi connectivity index (χ3n) is 3.12. The topological polar surface area (TPSA) is 43.4 Å². The van der Waals surface area contributed by atoms with Crippen molar-refractivity contribution < 1.29 is 12.6 Å². The van der Waals surface area contributed by atoms with Crippen molar-refractivity contribution in [3.05, 3.63) is 29.8 Å². The second-order valence-corrected chi connectivity index (χ2v) is 8.08. The van der Waals surface area contributed by atoms with Crippen LogP contribution in [0.3, 0.4) is 0 Å². The van der Waals surface area contributed by atoms with Gasteiger partial charge in [0.15, 0.2) is 0 Å². The van der Waals surface area contributed by atoms with E-state index in [1.54, 1.807) is 24.3 Å². The van der Waals surface area contributed by atoms with E-state index >= 15 is 0 Å². The zero-order valence-electron chi connectivity index (χ0n) is 13.0. The van der Waals surface area contributed by atoms with Gasteiger partial charge in [-0.1, -0.05) is 51.3 Å². The number of benzene rings is 1. The van der Waals surface area contributed by atoms with E-state index < -0.39 is 10.1 Å². The standard InChI is InChI=1S/C16H26O3S/c1-14-8-10-15(11-9-14)20(17,18)19-13-7-5-6-12-16(2,3)4/h8-11H,5-7,12-13H2,1-4H3. The number of unbranched alkanes of at least 4 members (excludes halogenated alkanes) is 2. The Bertz CT molecular complexity index is 496. The maximum atomic E-state index is 11.9. The maximum absolute atomic E-state index is 11.9. The fourth-order valence-corrected chi connectivity index (χ4v) is 2.82. The summed E-state index contributed by atoms with van der Waals surface area (Å²) in [6, 6.07) is 6.73. The molecule has 0 aliphatic carbocycles. The van der Waals surface area contributed by atoms with Crippen LogP contribution in [0, 0.1) is 12.3 Å². The Morgan fingerprint density at radius 1 is 1.00 bits per heavy atom. The molecule has 1 aromatic rings. The Kier molecular flexibility index (Phi) is 6.21. The van der Waals surface area contributed by atoms with Crippen molar-refractivity contribution in [2.75, 3.05) is 6.61 Å². The minimum atomic E-state index is -3.59. The lowest BCUT2D eigenvalue weighted by atomic mass is 9.89. The lowest BCUT2D eigenvalue weighted by molar-refractivity contribution is 0.296. The van der Waals surface area contributed by atoms with Crippen LogP contribution in [-0.4, -0.2) is 15.0 Å². The maximum Gasteiger partial charge on any atom is 0.296 e. The van der Waals surface area contributed by atoms with Crippen LogP contribution in [-0.2, 0) is 14.3 Å². The predicted molar refractivity (Wildman–Crippen MR) is 82.2 cm³/mol. The largest absolute Gasteiger partial charge is 0.296 e. The molecule has 0 unspecified atom stereocenters. The fourth-order valence-electron chi connectivity index (χ4n) is 1.88. The van der Waals surface area contributed by atoms with Gasteiger partial charge in [-0.3, -0.25) is 4.18 Å². The van der Waals surface area contributed by atoms with Gasteiger partial charge in [-0.15, -0.1) is 0 Å². The summed E-state index contributed by atoms with van der Waals surface area (Å²) in [7, 11) is -3.59. The molecule has 0 fully saturated rings. The Labute approximate surface area is 123 Å². The van der Waals surface area contributed by atoms with Crippen LogP contribution >= 0.6 is 0 Å². The van der Waals surface area contributed by atoms with Crippen LogP contribution in [0.5, 0.6) is 0 Å². The normalized spacial score (nSPS) is 12.6. The molecule has 4 heteroatoms. The molecule has 114 valence electrons. The first kappa shape index (κ1) is 17.2. The summed E-state index contributed by atoms with van der Waals surface area (Å²) in [5.74, 6) is 0. The van der Waals surface area contributed by atoms with Gasteiger partial charge in [0, 0.05) is 0 Å². The Hall–Kier alpha value is -0.870. The Morgan fingerprint density at radius 2 is 1.60 bits per heavy atom. The van der Waals surface area contributed by atoms with Crippen molar-refractivity contribution in [2.24, 2.45) is 5.41 Å². The van der Waals surface area contributed by atoms with E-state index in [-0.39, 0.29) is 11.5 Å². The van der Waals surface area contributed by atoms with E-state index in [0.717, 1.165) is 31.2 Å². The highest BCUT2D eigenvalue weighted by Crippen LogP contribution is 2.22. The molecule has 1 aromatic carbocycles. The smallest absolute Gasteiger partial charge is 0.266 e. The molecule has 0 aliphatic rings. The van der Waals surface area contributed by atoms with Crippen LogP contribution in [0.2, 0.25) is 0 Å². The summed E-state index contributed by atoms with van der Waals surface area (Å²) in [6.07, 6.45) is 4.04. The monoisotopic (exact) mass is 298 g/mol. The van der Waals surface area contributed by atoms with Crippen molar-refractivity contribution in [1.29, 1.82) is 0 Å². The molecular formula is C16H26O3S. The summed E-state index contributed by atoms with van der Waals surface area (Å²) < 4.78 is 28.9. The molecule has 0 amide bonds. The minimum absolute atomic E-state index is 0.234. The Balaban J connectivity index is 2.32. The second kappa shape index (κ2) is 7.23. The molecule has 0 bridgehead atoms. The van der Waals surface area contributed by atoms with Gasteiger partial charge in [0.2, 0.25) is 0 Å². The molecule has 0 aliphatic heterocycles. The molecule has 0 N–H and O–H groups in total. The summed E-state index contributed by atoms with van der Waals surface area (Å²) in [5.41, 5.74) is 1.38. The van der Waals surface area contributed by atoms with E-state index in [4.69, 9.17) is 4.18 Å². The molecule has 0 atom stereocenters. The highest BCUT2D eigenvalue weighted by molar-refractivity contribution is 7.86. The van der Waals surface area contributed by atoms with Gasteiger partial charge in [0.05, 0.1) is 11.5 Å². The van der Waals surface area contributed by atoms with Gasteiger partial charge in [-0.25, -0.2) is 0 Å². The molecule has 0 saturated carbocycles. The summed E-state index contributed by atoms with van der Waals surface area (Å²) in [4.78, 5) is 0.234. The lowest BCUT2D eigenvalue weighted by Gasteiger charge is -2.17. The average molecular weight is 298 g/mol. The van der Waals surface area contributed by atoms with Crippen LogP contribution in [0.15, 0.2) is 29.2 Å². The van der Waals surface area contributed by atoms with Crippen molar-refractivity contribution in [3.8, 4) is 0 Å². The summed E-state index contributed by atoms with van der Waals surface area (Å²) in [5, 5.41) is 0. The van der Waals surface area contributed by atoms with Gasteiger partial charge in [-0.05, 0) is 37.3 Å². The number of aryl methyl sites for hydroxylation is 1. The van der Waals surface area contributed by atoms with E-state index in [0.29, 0.717) is 5.41 Å². The zero-order chi connectivity index (χ0) is 15.2. The van der Waals surface area contributed by atoms with Crippen LogP contribution < -0.4 is 0 Å². The van der Waals surface area contributed by atoms with E-state index in [1.165, 1.54) is 0 Å². The molecule has 3 nitrogen and oxygen atoms in total. The van der Waals surface area contributed by atoms with Crippen LogP contribution in [0.4, 0.5) is 0 Å². The highest BCUT2D eigenvalue weighted by atomic mass is 32.2. The van der Waals surface area contributed by atoms with E-state index in [1.807, 2.05) is 6.92 Å². The van der Waals surface area contributed by atoms with Gasteiger partial charge in [0.1, 0.15) is 0 Å². The SMILES string of the molecule is Cc1ccc(S(=O)(=O)OCCCCCC(C)(C)C)cc1. The molecule has 0 saturated heterocycles. The van der Waals surface area contributed by atoms with E-state index in [2.05, 4.69) is 20.8 Å². The molecule has 20 heavy (non-hydrogen) atoms. The van der Waals surface area contributed by atoms with Crippen molar-refractivity contribution in [2.45, 2.75) is 58.3 Å². The van der Waals surface area contributed by atoms with Gasteiger partial charge < -0.3 is 0 Å². The van der Waals surface area contributed by atoms with Gasteiger partial charge in [0.25, 0.3) is 10.1 Å². The van der Waals surface area contributed by atoms with Crippen LogP contribution in [0.1, 0.15) is 52.0 Å². The average Bonchev–Trinajstić information content (AvgIpc) is 2.33. The zero-order valence-corrected chi connectivity index (χ0v) is 13.8. The number of rotatable bonds is 7. The molecule has 0 radical (unpaired) electrons. The summed E-state index contributed by atoms with van der Waals surface area (Å²) >= 11 is 0. The first-order valence-corrected chi connectivity index (χ1v) is 8.58. The first-order chi connectivity index (χ1) is 9.21. The van der Waals surface area contributed by atoms with Crippen molar-refractivity contribution in [1.82, 2.24) is 0 Å². The van der Waals surface area contributed by atoms with Gasteiger partial charge in [-0.2, -0.15) is 8.42 Å². The first-order valence-electron chi connectivity index (χ1n) is 7.17. The molecule has 0 aromatic heterocycles. The fraction of sp³-hybridized carbons (Fsp3) is 0.625.